The number of anilines is 1. The van der Waals surface area contributed by atoms with Gasteiger partial charge in [-0.25, -0.2) is 0 Å². The van der Waals surface area contributed by atoms with Crippen molar-refractivity contribution in [3.63, 3.8) is 0 Å². The molecule has 2 heterocycles. The monoisotopic (exact) mass is 317 g/mol. The Kier molecular flexibility index (Phi) is 5.43. The van der Waals surface area contributed by atoms with Crippen molar-refractivity contribution in [1.82, 2.24) is 20.4 Å². The first kappa shape index (κ1) is 16.2. The third-order valence-corrected chi connectivity index (χ3v) is 4.85. The van der Waals surface area contributed by atoms with Crippen LogP contribution in [0.4, 0.5) is 5.82 Å². The summed E-state index contributed by atoms with van der Waals surface area (Å²) in [5.41, 5.74) is 0.367. The van der Waals surface area contributed by atoms with Crippen LogP contribution in [0.5, 0.6) is 0 Å². The zero-order chi connectivity index (χ0) is 16.1. The van der Waals surface area contributed by atoms with Crippen LogP contribution >= 0.6 is 0 Å². The van der Waals surface area contributed by atoms with Crippen LogP contribution in [0, 0.1) is 5.92 Å². The maximum Gasteiger partial charge on any atom is 0.271 e. The highest BCUT2D eigenvalue weighted by molar-refractivity contribution is 5.92. The van der Waals surface area contributed by atoms with Crippen molar-refractivity contribution in [3.05, 3.63) is 17.8 Å². The molecular weight excluding hydrogens is 290 g/mol. The third-order valence-electron chi connectivity index (χ3n) is 4.85. The lowest BCUT2D eigenvalue weighted by Gasteiger charge is -2.20. The summed E-state index contributed by atoms with van der Waals surface area (Å²) >= 11 is 0. The second-order valence-corrected chi connectivity index (χ2v) is 6.70. The quantitative estimate of drug-likeness (QED) is 0.838. The number of likely N-dealkylation sites (tertiary alicyclic amines) is 1. The van der Waals surface area contributed by atoms with E-state index in [4.69, 9.17) is 0 Å². The van der Waals surface area contributed by atoms with E-state index in [-0.39, 0.29) is 5.91 Å². The normalized spacial score (nSPS) is 22.4. The predicted molar refractivity (Wildman–Crippen MR) is 90.5 cm³/mol. The fraction of sp³-hybridized carbons (Fsp3) is 0.706. The van der Waals surface area contributed by atoms with Gasteiger partial charge in [0, 0.05) is 32.2 Å². The Bertz CT molecular complexity index is 512. The molecule has 0 spiro atoms. The van der Waals surface area contributed by atoms with E-state index < -0.39 is 0 Å². The zero-order valence-corrected chi connectivity index (χ0v) is 13.9. The average molecular weight is 317 g/mol. The van der Waals surface area contributed by atoms with Gasteiger partial charge in [-0.05, 0) is 44.2 Å². The summed E-state index contributed by atoms with van der Waals surface area (Å²) in [6.07, 6.45) is 6.77. The van der Waals surface area contributed by atoms with E-state index in [1.165, 1.54) is 38.8 Å². The van der Waals surface area contributed by atoms with E-state index in [2.05, 4.69) is 25.7 Å². The molecule has 126 valence electrons. The van der Waals surface area contributed by atoms with E-state index in [0.717, 1.165) is 24.7 Å². The third kappa shape index (κ3) is 4.41. The summed E-state index contributed by atoms with van der Waals surface area (Å²) in [6.45, 7) is 5.98. The van der Waals surface area contributed by atoms with Crippen LogP contribution < -0.4 is 10.6 Å². The van der Waals surface area contributed by atoms with Crippen LogP contribution in [0.15, 0.2) is 12.1 Å². The van der Waals surface area contributed by atoms with Crippen LogP contribution in [0.2, 0.25) is 0 Å². The van der Waals surface area contributed by atoms with Crippen LogP contribution in [0.25, 0.3) is 0 Å². The van der Waals surface area contributed by atoms with Gasteiger partial charge in [0.2, 0.25) is 0 Å². The standard InChI is InChI=1S/C17H27N5O/c1-2-18-17(23)15-7-8-16(21-20-15)19-14-9-10-22(12-14)11-13-5-3-4-6-13/h7-8,13-14H,2-6,9-12H2,1H3,(H,18,23)(H,19,21)/t14-/m1/s1. The average Bonchev–Trinajstić information content (AvgIpc) is 3.21. The Labute approximate surface area is 138 Å². The van der Waals surface area contributed by atoms with Gasteiger partial charge >= 0.3 is 0 Å². The van der Waals surface area contributed by atoms with E-state index in [1.807, 2.05) is 13.0 Å². The number of amides is 1. The second kappa shape index (κ2) is 7.73. The summed E-state index contributed by atoms with van der Waals surface area (Å²) in [6, 6.07) is 4.00. The first-order chi connectivity index (χ1) is 11.2. The van der Waals surface area contributed by atoms with E-state index in [0.29, 0.717) is 18.3 Å². The van der Waals surface area contributed by atoms with Gasteiger partial charge in [0.15, 0.2) is 5.69 Å². The predicted octanol–water partition coefficient (Wildman–Crippen LogP) is 1.90. The Morgan fingerprint density at radius 1 is 1.26 bits per heavy atom. The molecule has 6 heteroatoms. The molecule has 3 rings (SSSR count). The van der Waals surface area contributed by atoms with Crippen molar-refractivity contribution < 1.29 is 4.79 Å². The topological polar surface area (TPSA) is 70.2 Å². The molecular formula is C17H27N5O. The largest absolute Gasteiger partial charge is 0.365 e. The first-order valence-electron chi connectivity index (χ1n) is 8.85. The van der Waals surface area contributed by atoms with E-state index in [9.17, 15) is 4.79 Å². The summed E-state index contributed by atoms with van der Waals surface area (Å²) in [5, 5.41) is 14.3. The summed E-state index contributed by atoms with van der Waals surface area (Å²) in [4.78, 5) is 14.2. The molecule has 2 aliphatic rings. The molecule has 1 aliphatic carbocycles. The highest BCUT2D eigenvalue weighted by atomic mass is 16.1. The minimum atomic E-state index is -0.171. The van der Waals surface area contributed by atoms with Crippen LogP contribution in [0.3, 0.4) is 0 Å². The SMILES string of the molecule is CCNC(=O)c1ccc(N[C@@H]2CCN(CC3CCCC3)C2)nn1. The van der Waals surface area contributed by atoms with Gasteiger partial charge in [-0.3, -0.25) is 4.79 Å². The summed E-state index contributed by atoms with van der Waals surface area (Å²) < 4.78 is 0. The van der Waals surface area contributed by atoms with Crippen molar-refractivity contribution in [2.75, 3.05) is 31.5 Å². The number of carbonyl (C=O) groups is 1. The fourth-order valence-electron chi connectivity index (χ4n) is 3.66. The first-order valence-corrected chi connectivity index (χ1v) is 8.85. The highest BCUT2D eigenvalue weighted by Gasteiger charge is 2.26. The lowest BCUT2D eigenvalue weighted by Crippen LogP contribution is -2.30. The van der Waals surface area contributed by atoms with E-state index >= 15 is 0 Å². The van der Waals surface area contributed by atoms with Gasteiger partial charge in [0.05, 0.1) is 0 Å². The van der Waals surface area contributed by atoms with Gasteiger partial charge in [-0.2, -0.15) is 0 Å². The molecule has 1 saturated heterocycles. The molecule has 0 bridgehead atoms. The molecule has 1 aromatic heterocycles. The Hall–Kier alpha value is -1.69. The van der Waals surface area contributed by atoms with Gasteiger partial charge in [-0.15, -0.1) is 10.2 Å². The van der Waals surface area contributed by atoms with Crippen molar-refractivity contribution in [3.8, 4) is 0 Å². The molecule has 1 amide bonds. The van der Waals surface area contributed by atoms with Gasteiger partial charge < -0.3 is 15.5 Å². The molecule has 1 aromatic rings. The molecule has 23 heavy (non-hydrogen) atoms. The Morgan fingerprint density at radius 3 is 2.78 bits per heavy atom. The number of carbonyl (C=O) groups excluding carboxylic acids is 1. The van der Waals surface area contributed by atoms with Crippen LogP contribution in [-0.2, 0) is 0 Å². The summed E-state index contributed by atoms with van der Waals surface area (Å²) in [7, 11) is 0. The van der Waals surface area contributed by atoms with Gasteiger partial charge in [0.1, 0.15) is 5.82 Å². The van der Waals surface area contributed by atoms with Crippen LogP contribution in [-0.4, -0.2) is 53.2 Å². The number of hydrogen-bond acceptors (Lipinski definition) is 5. The molecule has 1 atom stereocenters. The molecule has 2 fully saturated rings. The van der Waals surface area contributed by atoms with Crippen molar-refractivity contribution in [2.24, 2.45) is 5.92 Å². The Balaban J connectivity index is 1.47. The molecule has 1 aliphatic heterocycles. The maximum absolute atomic E-state index is 11.7. The molecule has 0 radical (unpaired) electrons. The summed E-state index contributed by atoms with van der Waals surface area (Å²) in [5.74, 6) is 1.49. The van der Waals surface area contributed by atoms with E-state index in [1.54, 1.807) is 6.07 Å². The number of hydrogen-bond donors (Lipinski definition) is 2. The second-order valence-electron chi connectivity index (χ2n) is 6.70. The maximum atomic E-state index is 11.7. The van der Waals surface area contributed by atoms with Gasteiger partial charge in [-0.1, -0.05) is 12.8 Å². The number of nitrogens with zero attached hydrogens (tertiary/aromatic N) is 3. The lowest BCUT2D eigenvalue weighted by molar-refractivity contribution is 0.0950. The Morgan fingerprint density at radius 2 is 2.09 bits per heavy atom. The minimum absolute atomic E-state index is 0.171. The van der Waals surface area contributed by atoms with Crippen LogP contribution in [0.1, 0.15) is 49.5 Å². The smallest absolute Gasteiger partial charge is 0.271 e. The lowest BCUT2D eigenvalue weighted by atomic mass is 10.1. The highest BCUT2D eigenvalue weighted by Crippen LogP contribution is 2.27. The molecule has 0 unspecified atom stereocenters. The molecule has 2 N–H and O–H groups in total. The minimum Gasteiger partial charge on any atom is -0.365 e. The zero-order valence-electron chi connectivity index (χ0n) is 13.9. The molecule has 0 aromatic carbocycles. The van der Waals surface area contributed by atoms with Crippen molar-refractivity contribution in [1.29, 1.82) is 0 Å². The van der Waals surface area contributed by atoms with Gasteiger partial charge in [0.25, 0.3) is 5.91 Å². The van der Waals surface area contributed by atoms with Crippen molar-refractivity contribution in [2.45, 2.75) is 45.1 Å². The molecule has 1 saturated carbocycles. The number of aromatic nitrogens is 2. The fourth-order valence-corrected chi connectivity index (χ4v) is 3.66. The molecule has 6 nitrogen and oxygen atoms in total. The van der Waals surface area contributed by atoms with Crippen molar-refractivity contribution >= 4 is 11.7 Å². The number of nitrogens with one attached hydrogen (secondary N) is 2. The number of rotatable bonds is 6.